The van der Waals surface area contributed by atoms with Gasteiger partial charge in [-0.25, -0.2) is 9.18 Å². The highest BCUT2D eigenvalue weighted by atomic mass is 35.5. The van der Waals surface area contributed by atoms with Gasteiger partial charge in [0, 0.05) is 6.54 Å². The molecular weight excluding hydrogens is 313 g/mol. The van der Waals surface area contributed by atoms with Crippen molar-refractivity contribution in [1.29, 1.82) is 0 Å². The second-order valence-electron chi connectivity index (χ2n) is 5.12. The highest BCUT2D eigenvalue weighted by molar-refractivity contribution is 6.30. The van der Waals surface area contributed by atoms with Gasteiger partial charge < -0.3 is 5.32 Å². The molecule has 1 N–H and O–H groups in total. The van der Waals surface area contributed by atoms with E-state index in [4.69, 9.17) is 11.6 Å². The van der Waals surface area contributed by atoms with Crippen LogP contribution >= 0.6 is 11.6 Å². The van der Waals surface area contributed by atoms with Gasteiger partial charge in [-0.3, -0.25) is 4.79 Å². The molecule has 0 atom stereocenters. The number of tetrazole rings is 1. The van der Waals surface area contributed by atoms with E-state index in [0.717, 1.165) is 17.5 Å². The van der Waals surface area contributed by atoms with Gasteiger partial charge in [-0.05, 0) is 41.0 Å². The Kier molecular flexibility index (Phi) is 3.93. The number of halogens is 2. The van der Waals surface area contributed by atoms with Gasteiger partial charge in [0.05, 0.1) is 11.1 Å². The van der Waals surface area contributed by atoms with Gasteiger partial charge in [-0.2, -0.15) is 9.36 Å². The summed E-state index contributed by atoms with van der Waals surface area (Å²) in [4.78, 5) is 23.7. The first-order valence-electron chi connectivity index (χ1n) is 6.77. The van der Waals surface area contributed by atoms with E-state index in [1.807, 2.05) is 0 Å². The maximum Gasteiger partial charge on any atom is 0.364 e. The predicted octanol–water partition coefficient (Wildman–Crippen LogP) is 0.884. The molecule has 116 valence electrons. The fourth-order valence-corrected chi connectivity index (χ4v) is 2.09. The van der Waals surface area contributed by atoms with Gasteiger partial charge in [0.15, 0.2) is 0 Å². The van der Waals surface area contributed by atoms with Crippen LogP contribution < -0.4 is 11.0 Å². The molecule has 0 radical (unpaired) electrons. The van der Waals surface area contributed by atoms with Crippen LogP contribution in [0.4, 0.5) is 4.39 Å². The summed E-state index contributed by atoms with van der Waals surface area (Å²) in [5.41, 5.74) is 0.180. The number of rotatable bonds is 5. The topological polar surface area (TPSA) is 81.8 Å². The third-order valence-corrected chi connectivity index (χ3v) is 3.63. The predicted molar refractivity (Wildman–Crippen MR) is 75.8 cm³/mol. The van der Waals surface area contributed by atoms with Crippen molar-refractivity contribution in [3.8, 4) is 0 Å². The summed E-state index contributed by atoms with van der Waals surface area (Å²) in [6.07, 6.45) is 1.82. The molecule has 1 aromatic heterocycles. The van der Waals surface area contributed by atoms with Crippen LogP contribution in [0.15, 0.2) is 23.0 Å². The monoisotopic (exact) mass is 325 g/mol. The number of nitrogens with zero attached hydrogens (tertiary/aromatic N) is 4. The lowest BCUT2D eigenvalue weighted by molar-refractivity contribution is -0.122. The van der Waals surface area contributed by atoms with E-state index in [-0.39, 0.29) is 24.2 Å². The Morgan fingerprint density at radius 3 is 2.86 bits per heavy atom. The Bertz CT molecular complexity index is 768. The third kappa shape index (κ3) is 3.16. The molecular formula is C13H13ClFN5O2. The Labute approximate surface area is 129 Å². The fraction of sp³-hybridized carbons (Fsp3) is 0.385. The lowest BCUT2D eigenvalue weighted by atomic mass is 10.2. The maximum atomic E-state index is 13.3. The lowest BCUT2D eigenvalue weighted by Crippen LogP contribution is -2.33. The number of hydrogen-bond acceptors (Lipinski definition) is 4. The number of carbonyl (C=O) groups is 1. The van der Waals surface area contributed by atoms with Crippen molar-refractivity contribution < 1.29 is 9.18 Å². The first-order chi connectivity index (χ1) is 10.5. The van der Waals surface area contributed by atoms with Gasteiger partial charge in [0.2, 0.25) is 5.91 Å². The normalized spacial score (nSPS) is 14.1. The molecule has 7 nitrogen and oxygen atoms in total. The van der Waals surface area contributed by atoms with Crippen molar-refractivity contribution in [2.45, 2.75) is 32.0 Å². The second-order valence-corrected chi connectivity index (χ2v) is 5.53. The zero-order chi connectivity index (χ0) is 15.7. The molecule has 1 aliphatic carbocycles. The molecule has 0 spiro atoms. The molecule has 1 aliphatic rings. The largest absolute Gasteiger partial charge is 0.364 e. The van der Waals surface area contributed by atoms with E-state index in [1.165, 1.54) is 16.8 Å². The molecule has 1 fully saturated rings. The first-order valence-corrected chi connectivity index (χ1v) is 7.15. The summed E-state index contributed by atoms with van der Waals surface area (Å²) in [7, 11) is 0. The summed E-state index contributed by atoms with van der Waals surface area (Å²) in [5.74, 6) is -0.947. The van der Waals surface area contributed by atoms with E-state index in [9.17, 15) is 14.0 Å². The van der Waals surface area contributed by atoms with Crippen LogP contribution in [0.2, 0.25) is 5.02 Å². The Balaban J connectivity index is 1.58. The van der Waals surface area contributed by atoms with Crippen molar-refractivity contribution >= 4 is 17.5 Å². The molecule has 1 heterocycles. The molecule has 3 rings (SSSR count). The second kappa shape index (κ2) is 5.88. The maximum absolute atomic E-state index is 13.3. The molecule has 1 saturated carbocycles. The average Bonchev–Trinajstić information content (AvgIpc) is 3.27. The molecule has 1 aromatic carbocycles. The standard InChI is InChI=1S/C13H13ClFN5O2/c14-10-4-1-8(5-11(10)15)6-16-12(21)7-19-13(22)20(18-17-19)9-2-3-9/h1,4-5,9H,2-3,6-7H2,(H,16,21). The highest BCUT2D eigenvalue weighted by Gasteiger charge is 2.28. The van der Waals surface area contributed by atoms with Crippen LogP contribution in [0.5, 0.6) is 0 Å². The van der Waals surface area contributed by atoms with Gasteiger partial charge in [-0.15, -0.1) is 0 Å². The van der Waals surface area contributed by atoms with Crippen molar-refractivity contribution in [1.82, 2.24) is 25.1 Å². The van der Waals surface area contributed by atoms with Crippen LogP contribution in [0.25, 0.3) is 0 Å². The Morgan fingerprint density at radius 2 is 2.18 bits per heavy atom. The number of amides is 1. The number of benzene rings is 1. The van der Waals surface area contributed by atoms with Crippen LogP contribution in [-0.4, -0.2) is 25.7 Å². The number of carbonyl (C=O) groups excluding carboxylic acids is 1. The van der Waals surface area contributed by atoms with E-state index < -0.39 is 17.4 Å². The summed E-state index contributed by atoms with van der Waals surface area (Å²) >= 11 is 5.58. The lowest BCUT2D eigenvalue weighted by Gasteiger charge is -2.05. The zero-order valence-electron chi connectivity index (χ0n) is 11.5. The molecule has 2 aromatic rings. The van der Waals surface area contributed by atoms with E-state index in [1.54, 1.807) is 6.07 Å². The van der Waals surface area contributed by atoms with Crippen molar-refractivity contribution in [3.63, 3.8) is 0 Å². The quantitative estimate of drug-likeness (QED) is 0.885. The number of aromatic nitrogens is 4. The van der Waals surface area contributed by atoms with Crippen LogP contribution in [0.1, 0.15) is 24.4 Å². The number of hydrogen-bond donors (Lipinski definition) is 1. The molecule has 0 unspecified atom stereocenters. The highest BCUT2D eigenvalue weighted by Crippen LogP contribution is 2.32. The van der Waals surface area contributed by atoms with Gasteiger partial charge in [0.25, 0.3) is 0 Å². The van der Waals surface area contributed by atoms with Crippen LogP contribution in [0.3, 0.4) is 0 Å². The first kappa shape index (κ1) is 14.7. The molecule has 22 heavy (non-hydrogen) atoms. The molecule has 9 heteroatoms. The average molecular weight is 326 g/mol. The van der Waals surface area contributed by atoms with E-state index in [0.29, 0.717) is 5.56 Å². The minimum atomic E-state index is -0.544. The molecule has 0 saturated heterocycles. The zero-order valence-corrected chi connectivity index (χ0v) is 12.3. The third-order valence-electron chi connectivity index (χ3n) is 3.32. The van der Waals surface area contributed by atoms with Crippen LogP contribution in [0, 0.1) is 5.82 Å². The van der Waals surface area contributed by atoms with Crippen molar-refractivity contribution in [3.05, 3.63) is 45.1 Å². The van der Waals surface area contributed by atoms with Gasteiger partial charge in [-0.1, -0.05) is 17.7 Å². The molecule has 0 bridgehead atoms. The van der Waals surface area contributed by atoms with Gasteiger partial charge >= 0.3 is 5.69 Å². The van der Waals surface area contributed by atoms with E-state index >= 15 is 0 Å². The summed E-state index contributed by atoms with van der Waals surface area (Å²) < 4.78 is 15.6. The molecule has 1 amide bonds. The Hall–Kier alpha value is -2.22. The van der Waals surface area contributed by atoms with Crippen molar-refractivity contribution in [2.75, 3.05) is 0 Å². The molecule has 0 aliphatic heterocycles. The van der Waals surface area contributed by atoms with E-state index in [2.05, 4.69) is 15.7 Å². The fourth-order valence-electron chi connectivity index (χ4n) is 1.98. The minimum Gasteiger partial charge on any atom is -0.350 e. The van der Waals surface area contributed by atoms with Crippen molar-refractivity contribution in [2.24, 2.45) is 0 Å². The summed E-state index contributed by atoms with van der Waals surface area (Å²) in [6.45, 7) is -0.0833. The number of nitrogens with one attached hydrogen (secondary N) is 1. The summed E-state index contributed by atoms with van der Waals surface area (Å²) in [5, 5.41) is 10.0. The minimum absolute atomic E-state index is 0.0262. The van der Waals surface area contributed by atoms with Gasteiger partial charge in [0.1, 0.15) is 12.4 Å². The smallest absolute Gasteiger partial charge is 0.350 e. The SMILES string of the molecule is O=C(Cn1nnn(C2CC2)c1=O)NCc1ccc(Cl)c(F)c1. The Morgan fingerprint density at radius 1 is 1.41 bits per heavy atom. The summed E-state index contributed by atoms with van der Waals surface area (Å²) in [6, 6.07) is 4.39. The van der Waals surface area contributed by atoms with Crippen LogP contribution in [-0.2, 0) is 17.9 Å².